The number of piperidine rings is 1. The molecule has 1 spiro atoms. The molecule has 200 valence electrons. The number of methoxy groups -OCH3 is 3. The van der Waals surface area contributed by atoms with Gasteiger partial charge in [0.2, 0.25) is 6.79 Å². The van der Waals surface area contributed by atoms with E-state index in [0.29, 0.717) is 37.2 Å². The number of ether oxygens (including phenoxy) is 5. The van der Waals surface area contributed by atoms with Crippen LogP contribution in [-0.4, -0.2) is 92.2 Å². The maximum absolute atomic E-state index is 13.5. The molecular weight excluding hydrogens is 488 g/mol. The Balaban J connectivity index is 1.71. The smallest absolute Gasteiger partial charge is 0.417 e. The fraction of sp³-hybridized carbons (Fsp3) is 0.640. The van der Waals surface area contributed by atoms with Gasteiger partial charge in [0, 0.05) is 23.9 Å². The molecule has 6 rings (SSSR count). The molecule has 3 fully saturated rings. The van der Waals surface area contributed by atoms with Crippen LogP contribution in [0.25, 0.3) is 0 Å². The van der Waals surface area contributed by atoms with Crippen LogP contribution in [0, 0.1) is 11.3 Å². The van der Waals surface area contributed by atoms with E-state index in [2.05, 4.69) is 4.90 Å². The number of hydrogen-bond acceptors (Lipinski definition) is 11. The quantitative estimate of drug-likeness (QED) is 0.417. The van der Waals surface area contributed by atoms with Crippen LogP contribution < -0.4 is 14.4 Å². The number of aliphatic hydroxyl groups is 2. The monoisotopic (exact) mass is 518 g/mol. The number of esters is 2. The van der Waals surface area contributed by atoms with Crippen molar-refractivity contribution >= 4 is 23.7 Å². The third-order valence-electron chi connectivity index (χ3n) is 9.38. The summed E-state index contributed by atoms with van der Waals surface area (Å²) in [6.45, 7) is 0.959. The van der Waals surface area contributed by atoms with Crippen molar-refractivity contribution in [3.63, 3.8) is 0 Å². The van der Waals surface area contributed by atoms with Gasteiger partial charge in [0.05, 0.1) is 27.4 Å². The first kappa shape index (κ1) is 24.3. The molecule has 1 amide bonds. The standard InChI is InChI=1S/C25H30N2O10/c1-33-20(29)24-8-6-15-23(9-11-26(19(23)24)10-7-16(24)28)13-4-5-14-18(37-12-36-14)17(13)27(22(31)35-3)25(15,32)21(30)34-2/h4-5,15-16,19,28,32H,6-12H2,1-3H3/t15-,16+,19-,23+,24-,25-/m1/s1. The Morgan fingerprint density at radius 3 is 2.46 bits per heavy atom. The Hall–Kier alpha value is -3.09. The second-order valence-corrected chi connectivity index (χ2v) is 10.4. The fourth-order valence-corrected chi connectivity index (χ4v) is 8.14. The molecular formula is C25H30N2O10. The fourth-order valence-electron chi connectivity index (χ4n) is 8.14. The minimum Gasteiger partial charge on any atom is -0.468 e. The highest BCUT2D eigenvalue weighted by atomic mass is 16.7. The molecule has 2 saturated heterocycles. The molecule has 0 aromatic heterocycles. The van der Waals surface area contributed by atoms with E-state index in [0.717, 1.165) is 19.1 Å². The number of benzene rings is 1. The second-order valence-electron chi connectivity index (χ2n) is 10.4. The first-order valence-corrected chi connectivity index (χ1v) is 12.4. The van der Waals surface area contributed by atoms with Gasteiger partial charge in [0.1, 0.15) is 11.1 Å². The number of aliphatic hydroxyl groups excluding tert-OH is 1. The Bertz CT molecular complexity index is 1190. The molecule has 12 nitrogen and oxygen atoms in total. The molecule has 0 unspecified atom stereocenters. The highest BCUT2D eigenvalue weighted by molar-refractivity contribution is 6.02. The molecule has 1 aromatic carbocycles. The lowest BCUT2D eigenvalue weighted by atomic mass is 9.46. The van der Waals surface area contributed by atoms with E-state index < -0.39 is 52.7 Å². The van der Waals surface area contributed by atoms with Gasteiger partial charge in [0.25, 0.3) is 5.72 Å². The van der Waals surface area contributed by atoms with Crippen molar-refractivity contribution in [2.45, 2.75) is 49.0 Å². The predicted octanol–water partition coefficient (Wildman–Crippen LogP) is 0.509. The van der Waals surface area contributed by atoms with Crippen LogP contribution in [0.4, 0.5) is 10.5 Å². The van der Waals surface area contributed by atoms with Crippen LogP contribution in [0.2, 0.25) is 0 Å². The van der Waals surface area contributed by atoms with E-state index >= 15 is 0 Å². The molecule has 1 saturated carbocycles. The zero-order chi connectivity index (χ0) is 26.3. The van der Waals surface area contributed by atoms with Crippen LogP contribution in [0.1, 0.15) is 31.2 Å². The van der Waals surface area contributed by atoms with E-state index in [1.165, 1.54) is 7.11 Å². The number of fused-ring (bicyclic) bond motifs is 3. The molecule has 6 atom stereocenters. The number of rotatable bonds is 2. The van der Waals surface area contributed by atoms with Gasteiger partial charge in [-0.25, -0.2) is 14.5 Å². The second kappa shape index (κ2) is 7.95. The SMILES string of the molecule is COC(=O)N1c2c(ccc3c2OCO3)[C@@]23CCN4CC[C@H](O)[C@](C(=O)OC)(CC[C@H]2[C@@]1(O)C(=O)OC)[C@H]43. The molecule has 1 aromatic rings. The average molecular weight is 519 g/mol. The Kier molecular flexibility index (Phi) is 5.21. The number of nitrogens with zero attached hydrogens (tertiary/aromatic N) is 2. The topological polar surface area (TPSA) is 144 Å². The van der Waals surface area contributed by atoms with Gasteiger partial charge in [-0.3, -0.25) is 9.69 Å². The maximum Gasteiger partial charge on any atom is 0.417 e. The van der Waals surface area contributed by atoms with Gasteiger partial charge in [0.15, 0.2) is 11.5 Å². The van der Waals surface area contributed by atoms with Gasteiger partial charge in [-0.1, -0.05) is 6.07 Å². The van der Waals surface area contributed by atoms with Gasteiger partial charge in [-0.05, 0) is 43.9 Å². The van der Waals surface area contributed by atoms with Gasteiger partial charge >= 0.3 is 18.0 Å². The van der Waals surface area contributed by atoms with Gasteiger partial charge in [-0.15, -0.1) is 0 Å². The minimum atomic E-state index is -2.49. The summed E-state index contributed by atoms with van der Waals surface area (Å²) in [5, 5.41) is 23.7. The first-order valence-electron chi connectivity index (χ1n) is 12.4. The average Bonchev–Trinajstić information content (AvgIpc) is 3.55. The van der Waals surface area contributed by atoms with Crippen molar-refractivity contribution in [1.82, 2.24) is 4.90 Å². The Morgan fingerprint density at radius 2 is 1.76 bits per heavy atom. The largest absolute Gasteiger partial charge is 0.468 e. The van der Waals surface area contributed by atoms with Crippen LogP contribution >= 0.6 is 0 Å². The number of hydrogen-bond donors (Lipinski definition) is 2. The van der Waals surface area contributed by atoms with E-state index in [9.17, 15) is 24.6 Å². The molecule has 37 heavy (non-hydrogen) atoms. The number of anilines is 1. The van der Waals surface area contributed by atoms with Crippen molar-refractivity contribution in [2.24, 2.45) is 11.3 Å². The summed E-state index contributed by atoms with van der Waals surface area (Å²) in [7, 11) is 3.59. The number of amides is 1. The normalized spacial score (nSPS) is 37.2. The third kappa shape index (κ3) is 2.65. The zero-order valence-electron chi connectivity index (χ0n) is 20.9. The van der Waals surface area contributed by atoms with E-state index in [1.54, 1.807) is 12.1 Å². The molecule has 4 aliphatic heterocycles. The van der Waals surface area contributed by atoms with Crippen molar-refractivity contribution in [1.29, 1.82) is 0 Å². The van der Waals surface area contributed by atoms with Crippen LogP contribution in [0.3, 0.4) is 0 Å². The highest BCUT2D eigenvalue weighted by Crippen LogP contribution is 2.69. The molecule has 0 radical (unpaired) electrons. The maximum atomic E-state index is 13.5. The van der Waals surface area contributed by atoms with Gasteiger partial charge < -0.3 is 33.9 Å². The Morgan fingerprint density at radius 1 is 1.00 bits per heavy atom. The van der Waals surface area contributed by atoms with E-state index in [1.807, 2.05) is 0 Å². The summed E-state index contributed by atoms with van der Waals surface area (Å²) >= 11 is 0. The molecule has 12 heteroatoms. The minimum absolute atomic E-state index is 0.117. The third-order valence-corrected chi connectivity index (χ3v) is 9.38. The molecule has 0 bridgehead atoms. The number of carbonyl (C=O) groups excluding carboxylic acids is 3. The van der Waals surface area contributed by atoms with Crippen molar-refractivity contribution in [2.75, 3.05) is 46.1 Å². The summed E-state index contributed by atoms with van der Waals surface area (Å²) in [5.74, 6) is -1.94. The van der Waals surface area contributed by atoms with Crippen LogP contribution in [0.15, 0.2) is 12.1 Å². The number of carbonyl (C=O) groups is 3. The summed E-state index contributed by atoms with van der Waals surface area (Å²) < 4.78 is 26.8. The molecule has 1 aliphatic carbocycles. The van der Waals surface area contributed by atoms with Crippen molar-refractivity contribution in [3.05, 3.63) is 17.7 Å². The molecule has 2 N–H and O–H groups in total. The van der Waals surface area contributed by atoms with Gasteiger partial charge in [-0.2, -0.15) is 0 Å². The summed E-state index contributed by atoms with van der Waals surface area (Å²) in [4.78, 5) is 43.4. The summed E-state index contributed by atoms with van der Waals surface area (Å²) in [6.07, 6.45) is -0.854. The lowest BCUT2D eigenvalue weighted by Gasteiger charge is -2.64. The lowest BCUT2D eigenvalue weighted by Crippen LogP contribution is -2.77. The van der Waals surface area contributed by atoms with Crippen LogP contribution in [0.5, 0.6) is 11.5 Å². The molecule has 4 heterocycles. The van der Waals surface area contributed by atoms with E-state index in [-0.39, 0.29) is 31.1 Å². The van der Waals surface area contributed by atoms with Crippen molar-refractivity contribution in [3.8, 4) is 11.5 Å². The first-order chi connectivity index (χ1) is 17.7. The zero-order valence-corrected chi connectivity index (χ0v) is 20.9. The highest BCUT2D eigenvalue weighted by Gasteiger charge is 2.77. The Labute approximate surface area is 212 Å². The van der Waals surface area contributed by atoms with E-state index in [4.69, 9.17) is 23.7 Å². The summed E-state index contributed by atoms with van der Waals surface area (Å²) in [6, 6.07) is 2.90. The van der Waals surface area contributed by atoms with Crippen LogP contribution in [-0.2, 0) is 29.2 Å². The molecule has 5 aliphatic rings. The lowest BCUT2D eigenvalue weighted by molar-refractivity contribution is -0.203. The predicted molar refractivity (Wildman–Crippen MR) is 124 cm³/mol. The summed E-state index contributed by atoms with van der Waals surface area (Å²) in [5.41, 5.74) is -4.09. The van der Waals surface area contributed by atoms with Crippen molar-refractivity contribution < 1.29 is 48.3 Å².